The molecule has 1 aromatic carbocycles. The number of hydrogen-bond acceptors (Lipinski definition) is 2. The highest BCUT2D eigenvalue weighted by Crippen LogP contribution is 2.33. The SMILES string of the molecule is Clc1cccc(-c2ncc(CBr)o2)c1Cl. The minimum Gasteiger partial charge on any atom is -0.440 e. The van der Waals surface area contributed by atoms with Crippen molar-refractivity contribution < 1.29 is 4.42 Å². The Hall–Kier alpha value is -0.510. The molecule has 0 fully saturated rings. The van der Waals surface area contributed by atoms with Crippen LogP contribution >= 0.6 is 39.1 Å². The summed E-state index contributed by atoms with van der Waals surface area (Å²) in [5.41, 5.74) is 0.705. The number of nitrogens with zero attached hydrogens (tertiary/aromatic N) is 1. The summed E-state index contributed by atoms with van der Waals surface area (Å²) in [5, 5.41) is 1.58. The minimum absolute atomic E-state index is 0.460. The molecule has 15 heavy (non-hydrogen) atoms. The summed E-state index contributed by atoms with van der Waals surface area (Å²) in [7, 11) is 0. The fraction of sp³-hybridized carbons (Fsp3) is 0.100. The number of rotatable bonds is 2. The maximum atomic E-state index is 6.04. The number of oxazole rings is 1. The Balaban J connectivity index is 2.49. The van der Waals surface area contributed by atoms with Crippen LogP contribution in [0.3, 0.4) is 0 Å². The first-order valence-electron chi connectivity index (χ1n) is 4.17. The van der Waals surface area contributed by atoms with Crippen molar-refractivity contribution in [1.82, 2.24) is 4.98 Å². The van der Waals surface area contributed by atoms with Gasteiger partial charge in [-0.1, -0.05) is 45.2 Å². The van der Waals surface area contributed by atoms with Gasteiger partial charge in [-0.05, 0) is 12.1 Å². The van der Waals surface area contributed by atoms with E-state index in [9.17, 15) is 0 Å². The van der Waals surface area contributed by atoms with Gasteiger partial charge in [0.05, 0.1) is 27.1 Å². The van der Waals surface area contributed by atoms with Crippen LogP contribution in [0.15, 0.2) is 28.8 Å². The molecule has 0 spiro atoms. The van der Waals surface area contributed by atoms with Crippen molar-refractivity contribution in [3.8, 4) is 11.5 Å². The van der Waals surface area contributed by atoms with Crippen LogP contribution in [-0.4, -0.2) is 4.98 Å². The smallest absolute Gasteiger partial charge is 0.227 e. The highest BCUT2D eigenvalue weighted by molar-refractivity contribution is 9.08. The van der Waals surface area contributed by atoms with E-state index < -0.39 is 0 Å². The quantitative estimate of drug-likeness (QED) is 0.761. The predicted molar refractivity (Wildman–Crippen MR) is 64.6 cm³/mol. The van der Waals surface area contributed by atoms with E-state index in [-0.39, 0.29) is 0 Å². The van der Waals surface area contributed by atoms with Gasteiger partial charge in [0.2, 0.25) is 5.89 Å². The Kier molecular flexibility index (Phi) is 3.34. The first-order chi connectivity index (χ1) is 7.22. The molecule has 0 atom stereocenters. The number of hydrogen-bond donors (Lipinski definition) is 0. The fourth-order valence-corrected chi connectivity index (χ4v) is 1.80. The van der Waals surface area contributed by atoms with E-state index in [0.717, 1.165) is 5.76 Å². The monoisotopic (exact) mass is 305 g/mol. The lowest BCUT2D eigenvalue weighted by Gasteiger charge is -2.00. The lowest BCUT2D eigenvalue weighted by Crippen LogP contribution is -1.79. The van der Waals surface area contributed by atoms with E-state index >= 15 is 0 Å². The van der Waals surface area contributed by atoms with Gasteiger partial charge in [0.1, 0.15) is 5.76 Å². The van der Waals surface area contributed by atoms with Crippen LogP contribution in [0.1, 0.15) is 5.76 Å². The summed E-state index contributed by atoms with van der Waals surface area (Å²) in [6.07, 6.45) is 1.65. The van der Waals surface area contributed by atoms with Gasteiger partial charge in [-0.15, -0.1) is 0 Å². The van der Waals surface area contributed by atoms with Gasteiger partial charge in [0.25, 0.3) is 0 Å². The Morgan fingerprint density at radius 3 is 2.80 bits per heavy atom. The maximum absolute atomic E-state index is 6.04. The standard InChI is InChI=1S/C10H6BrCl2NO/c11-4-6-5-14-10(15-6)7-2-1-3-8(12)9(7)13/h1-3,5H,4H2. The molecule has 5 heteroatoms. The van der Waals surface area contributed by atoms with Crippen LogP contribution < -0.4 is 0 Å². The highest BCUT2D eigenvalue weighted by atomic mass is 79.9. The molecule has 0 aliphatic carbocycles. The Morgan fingerprint density at radius 2 is 2.13 bits per heavy atom. The molecule has 1 aromatic heterocycles. The maximum Gasteiger partial charge on any atom is 0.227 e. The van der Waals surface area contributed by atoms with Gasteiger partial charge in [0.15, 0.2) is 0 Å². The minimum atomic E-state index is 0.460. The first kappa shape index (κ1) is 11.0. The number of benzene rings is 1. The van der Waals surface area contributed by atoms with E-state index in [1.54, 1.807) is 12.3 Å². The van der Waals surface area contributed by atoms with Crippen LogP contribution in [-0.2, 0) is 5.33 Å². The Labute approximate surface area is 105 Å². The van der Waals surface area contributed by atoms with Crippen molar-refractivity contribution in [1.29, 1.82) is 0 Å². The van der Waals surface area contributed by atoms with Crippen molar-refractivity contribution in [2.45, 2.75) is 5.33 Å². The molecular weight excluding hydrogens is 301 g/mol. The average molecular weight is 307 g/mol. The third-order valence-corrected chi connectivity index (χ3v) is 3.24. The molecule has 0 aliphatic rings. The molecule has 0 unspecified atom stereocenters. The van der Waals surface area contributed by atoms with Crippen molar-refractivity contribution in [3.05, 3.63) is 40.2 Å². The van der Waals surface area contributed by atoms with Gasteiger partial charge in [-0.25, -0.2) is 4.98 Å². The lowest BCUT2D eigenvalue weighted by molar-refractivity contribution is 0.540. The van der Waals surface area contributed by atoms with Gasteiger partial charge in [0, 0.05) is 0 Å². The van der Waals surface area contributed by atoms with Crippen LogP contribution in [0.4, 0.5) is 0 Å². The molecule has 0 amide bonds. The second kappa shape index (κ2) is 4.56. The molecule has 2 aromatic rings. The molecule has 0 saturated carbocycles. The third kappa shape index (κ3) is 2.19. The second-order valence-corrected chi connectivity index (χ2v) is 4.21. The molecule has 2 nitrogen and oxygen atoms in total. The number of alkyl halides is 1. The van der Waals surface area contributed by atoms with E-state index in [1.807, 2.05) is 12.1 Å². The molecule has 78 valence electrons. The van der Waals surface area contributed by atoms with Gasteiger partial charge >= 0.3 is 0 Å². The van der Waals surface area contributed by atoms with E-state index in [2.05, 4.69) is 20.9 Å². The van der Waals surface area contributed by atoms with Crippen LogP contribution in [0.5, 0.6) is 0 Å². The normalized spacial score (nSPS) is 10.6. The Morgan fingerprint density at radius 1 is 1.33 bits per heavy atom. The molecule has 0 N–H and O–H groups in total. The predicted octanol–water partition coefficient (Wildman–Crippen LogP) is 4.54. The fourth-order valence-electron chi connectivity index (χ4n) is 1.16. The summed E-state index contributed by atoms with van der Waals surface area (Å²) < 4.78 is 5.45. The zero-order chi connectivity index (χ0) is 10.8. The number of aromatic nitrogens is 1. The van der Waals surface area contributed by atoms with E-state index in [1.165, 1.54) is 0 Å². The summed E-state index contributed by atoms with van der Waals surface area (Å²) in [6.45, 7) is 0. The van der Waals surface area contributed by atoms with Gasteiger partial charge < -0.3 is 4.42 Å². The number of halogens is 3. The zero-order valence-electron chi connectivity index (χ0n) is 7.51. The summed E-state index contributed by atoms with van der Waals surface area (Å²) >= 11 is 15.2. The topological polar surface area (TPSA) is 26.0 Å². The Bertz CT molecular complexity index is 484. The van der Waals surface area contributed by atoms with Crippen LogP contribution in [0, 0.1) is 0 Å². The van der Waals surface area contributed by atoms with E-state index in [0.29, 0.717) is 26.8 Å². The highest BCUT2D eigenvalue weighted by Gasteiger charge is 2.11. The van der Waals surface area contributed by atoms with Crippen molar-refractivity contribution in [2.24, 2.45) is 0 Å². The van der Waals surface area contributed by atoms with Crippen molar-refractivity contribution in [2.75, 3.05) is 0 Å². The molecule has 0 aliphatic heterocycles. The largest absolute Gasteiger partial charge is 0.440 e. The van der Waals surface area contributed by atoms with E-state index in [4.69, 9.17) is 27.6 Å². The van der Waals surface area contributed by atoms with Crippen LogP contribution in [0.2, 0.25) is 10.0 Å². The van der Waals surface area contributed by atoms with Gasteiger partial charge in [-0.2, -0.15) is 0 Å². The summed E-state index contributed by atoms with van der Waals surface area (Å²) in [4.78, 5) is 4.12. The zero-order valence-corrected chi connectivity index (χ0v) is 10.6. The molecule has 0 saturated heterocycles. The second-order valence-electron chi connectivity index (χ2n) is 2.87. The van der Waals surface area contributed by atoms with Crippen molar-refractivity contribution in [3.63, 3.8) is 0 Å². The molecule has 0 radical (unpaired) electrons. The lowest BCUT2D eigenvalue weighted by atomic mass is 10.2. The molecule has 0 bridgehead atoms. The van der Waals surface area contributed by atoms with Crippen molar-refractivity contribution >= 4 is 39.1 Å². The first-order valence-corrected chi connectivity index (χ1v) is 6.05. The van der Waals surface area contributed by atoms with Gasteiger partial charge in [-0.3, -0.25) is 0 Å². The molecule has 1 heterocycles. The molecule has 2 rings (SSSR count). The average Bonchev–Trinajstić information content (AvgIpc) is 2.70. The van der Waals surface area contributed by atoms with Crippen LogP contribution in [0.25, 0.3) is 11.5 Å². The molecular formula is C10H6BrCl2NO. The third-order valence-electron chi connectivity index (χ3n) is 1.87. The summed E-state index contributed by atoms with van der Waals surface area (Å²) in [6, 6.07) is 5.35. The summed E-state index contributed by atoms with van der Waals surface area (Å²) in [5.74, 6) is 1.23.